The van der Waals surface area contributed by atoms with Crippen molar-refractivity contribution in [2.45, 2.75) is 59.1 Å². The van der Waals surface area contributed by atoms with Crippen molar-refractivity contribution >= 4 is 19.2 Å². The third-order valence-corrected chi connectivity index (χ3v) is 14.6. The van der Waals surface area contributed by atoms with Gasteiger partial charge in [-0.3, -0.25) is 0 Å². The molecular formula is C22H22F10O2Sn. The molecule has 2 aromatic rings. The molecule has 2 aromatic carbocycles. The number of hydrogen-bond donors (Lipinski definition) is 0. The Balaban J connectivity index is 2.53. The van der Waals surface area contributed by atoms with Crippen molar-refractivity contribution in [3.63, 3.8) is 0 Å². The fourth-order valence-electron chi connectivity index (χ4n) is 3.10. The quantitative estimate of drug-likeness (QED) is 0.176. The van der Waals surface area contributed by atoms with Crippen molar-refractivity contribution in [1.29, 1.82) is 0 Å². The number of rotatable bonds is 14. The van der Waals surface area contributed by atoms with Gasteiger partial charge in [0.25, 0.3) is 0 Å². The minimum atomic E-state index is -6.97. The van der Waals surface area contributed by atoms with Crippen LogP contribution in [-0.4, -0.2) is 65.1 Å². The molecule has 0 spiro atoms. The van der Waals surface area contributed by atoms with Crippen LogP contribution < -0.4 is 0 Å². The summed E-state index contributed by atoms with van der Waals surface area (Å²) in [7, 11) is 0. The normalized spacial score (nSPS) is 17.7. The second kappa shape index (κ2) is 13.7. The molecule has 0 amide bonds. The average molecular weight is 627 g/mol. The first-order valence-electron chi connectivity index (χ1n) is 10.3. The first-order chi connectivity index (χ1) is 16.5. The van der Waals surface area contributed by atoms with Gasteiger partial charge in [0.1, 0.15) is 0 Å². The summed E-state index contributed by atoms with van der Waals surface area (Å²) in [4.78, 5) is 0. The Labute approximate surface area is 200 Å². The Morgan fingerprint density at radius 3 is 1.09 bits per heavy atom. The molecule has 0 aliphatic rings. The summed E-state index contributed by atoms with van der Waals surface area (Å²) in [5.41, 5.74) is 0.358. The number of halogens is 10. The zero-order valence-electron chi connectivity index (χ0n) is 17.9. The molecule has 0 N–H and O–H groups in total. The van der Waals surface area contributed by atoms with Crippen LogP contribution >= 0.6 is 0 Å². The van der Waals surface area contributed by atoms with Crippen molar-refractivity contribution in [1.82, 2.24) is 0 Å². The second-order valence-electron chi connectivity index (χ2n) is 7.52. The Morgan fingerprint density at radius 2 is 0.800 bits per heavy atom. The second-order valence-corrected chi connectivity index (χ2v) is 16.4. The molecule has 35 heavy (non-hydrogen) atoms. The maximum absolute atomic E-state index is 15.4. The van der Waals surface area contributed by atoms with Gasteiger partial charge in [-0.15, -0.1) is 0 Å². The van der Waals surface area contributed by atoms with Gasteiger partial charge in [-0.1, -0.05) is 0 Å². The molecule has 0 aromatic heterocycles. The SMILES string of the molecule is FC(F)C(F)C(F)[CH](F)[Sn]([O]Cc1ccccc1)([O]Cc1ccccc1)[CH](F)C(F)C(F)C(F)F. The minimum absolute atomic E-state index is 0.179. The van der Waals surface area contributed by atoms with Crippen LogP contribution in [0, 0.1) is 0 Å². The Bertz CT molecular complexity index is 792. The molecule has 0 bridgehead atoms. The van der Waals surface area contributed by atoms with Crippen molar-refractivity contribution < 1.29 is 50.1 Å². The van der Waals surface area contributed by atoms with E-state index in [4.69, 9.17) is 6.15 Å². The first-order valence-corrected chi connectivity index (χ1v) is 15.9. The van der Waals surface area contributed by atoms with Crippen molar-refractivity contribution in [3.05, 3.63) is 71.8 Å². The van der Waals surface area contributed by atoms with Gasteiger partial charge in [0.2, 0.25) is 0 Å². The Hall–Kier alpha value is -1.54. The van der Waals surface area contributed by atoms with Gasteiger partial charge < -0.3 is 0 Å². The van der Waals surface area contributed by atoms with Gasteiger partial charge in [0, 0.05) is 0 Å². The van der Waals surface area contributed by atoms with Crippen LogP contribution in [0.3, 0.4) is 0 Å². The van der Waals surface area contributed by atoms with Crippen LogP contribution in [0.1, 0.15) is 11.1 Å². The van der Waals surface area contributed by atoms with Crippen molar-refractivity contribution in [2.24, 2.45) is 0 Å². The van der Waals surface area contributed by atoms with E-state index >= 15 is 8.78 Å². The van der Waals surface area contributed by atoms with Crippen LogP contribution in [-0.2, 0) is 19.4 Å². The molecule has 0 aliphatic carbocycles. The molecule has 0 aliphatic heterocycles. The van der Waals surface area contributed by atoms with Gasteiger partial charge in [0.15, 0.2) is 0 Å². The van der Waals surface area contributed by atoms with E-state index in [1.165, 1.54) is 48.5 Å². The molecule has 6 unspecified atom stereocenters. The summed E-state index contributed by atoms with van der Waals surface area (Å²) >= 11 is -6.97. The standard InChI is InChI=1S/2C7H7O.2C4H4F5.Sn/c2*8-6-7-4-2-1-3-5-7;2*5-1-2(6)3(7)4(8)9;/h2*1-5H,6H2;2*1-4H;/q2*-1;;;+2. The van der Waals surface area contributed by atoms with Crippen molar-refractivity contribution in [3.8, 4) is 0 Å². The van der Waals surface area contributed by atoms with Gasteiger partial charge in [-0.05, 0) is 0 Å². The van der Waals surface area contributed by atoms with Crippen LogP contribution in [0.5, 0.6) is 0 Å². The van der Waals surface area contributed by atoms with Gasteiger partial charge >= 0.3 is 200 Å². The van der Waals surface area contributed by atoms with E-state index in [0.29, 0.717) is 0 Å². The van der Waals surface area contributed by atoms with Crippen LogP contribution in [0.25, 0.3) is 0 Å². The number of hydrogen-bond acceptors (Lipinski definition) is 2. The zero-order chi connectivity index (χ0) is 26.2. The van der Waals surface area contributed by atoms with E-state index in [2.05, 4.69) is 0 Å². The molecule has 0 heterocycles. The van der Waals surface area contributed by atoms with Crippen molar-refractivity contribution in [2.75, 3.05) is 0 Å². The van der Waals surface area contributed by atoms with E-state index in [1.54, 1.807) is 12.1 Å². The molecule has 0 saturated carbocycles. The number of alkyl halides is 10. The predicted octanol–water partition coefficient (Wildman–Crippen LogP) is 6.50. The molecular weight excluding hydrogens is 605 g/mol. The monoisotopic (exact) mass is 628 g/mol. The molecule has 13 heteroatoms. The molecule has 196 valence electrons. The fourth-order valence-corrected chi connectivity index (χ4v) is 11.8. The maximum atomic E-state index is 15.4. The molecule has 6 atom stereocenters. The van der Waals surface area contributed by atoms with E-state index in [0.717, 1.165) is 0 Å². The van der Waals surface area contributed by atoms with Crippen LogP contribution in [0.15, 0.2) is 60.7 Å². The van der Waals surface area contributed by atoms with E-state index in [-0.39, 0.29) is 11.1 Å². The first kappa shape index (κ1) is 29.7. The molecule has 0 radical (unpaired) electrons. The average Bonchev–Trinajstić information content (AvgIpc) is 2.87. The van der Waals surface area contributed by atoms with E-state index in [9.17, 15) is 35.1 Å². The van der Waals surface area contributed by atoms with Gasteiger partial charge in [0.05, 0.1) is 0 Å². The Morgan fingerprint density at radius 1 is 0.486 bits per heavy atom. The van der Waals surface area contributed by atoms with Gasteiger partial charge in [-0.2, -0.15) is 0 Å². The fraction of sp³-hybridized carbons (Fsp3) is 0.455. The predicted molar refractivity (Wildman–Crippen MR) is 110 cm³/mol. The summed E-state index contributed by atoms with van der Waals surface area (Å²) in [6.45, 7) is -1.58. The zero-order valence-corrected chi connectivity index (χ0v) is 20.8. The third-order valence-electron chi connectivity index (χ3n) is 5.03. The molecule has 2 rings (SSSR count). The molecule has 2 nitrogen and oxygen atoms in total. The molecule has 0 fully saturated rings. The Kier molecular flexibility index (Phi) is 11.6. The third kappa shape index (κ3) is 7.72. The summed E-state index contributed by atoms with van der Waals surface area (Å²) < 4.78 is 141. The van der Waals surface area contributed by atoms with Crippen LogP contribution in [0.2, 0.25) is 0 Å². The summed E-state index contributed by atoms with van der Waals surface area (Å²) in [6.07, 6.45) is -23.2. The summed E-state index contributed by atoms with van der Waals surface area (Å²) in [6, 6.07) is 14.4. The van der Waals surface area contributed by atoms with E-state index in [1.807, 2.05) is 0 Å². The van der Waals surface area contributed by atoms with Gasteiger partial charge in [-0.25, -0.2) is 0 Å². The summed E-state index contributed by atoms with van der Waals surface area (Å²) in [5, 5.41) is 0. The summed E-state index contributed by atoms with van der Waals surface area (Å²) in [5.74, 6) is 0. The molecule has 0 saturated heterocycles. The number of benzene rings is 2. The van der Waals surface area contributed by atoms with E-state index < -0.39 is 78.3 Å². The van der Waals surface area contributed by atoms with Crippen LogP contribution in [0.4, 0.5) is 43.9 Å². The topological polar surface area (TPSA) is 18.5 Å².